The van der Waals surface area contributed by atoms with Crippen molar-refractivity contribution in [3.8, 4) is 0 Å². The molecule has 0 bridgehead atoms. The van der Waals surface area contributed by atoms with Gasteiger partial charge in [-0.15, -0.1) is 0 Å². The van der Waals surface area contributed by atoms with Gasteiger partial charge in [-0.3, -0.25) is 0 Å². The molecular weight excluding hydrogens is 412 g/mol. The average molecular weight is 435 g/mol. The molecule has 0 amide bonds. The zero-order valence-electron chi connectivity index (χ0n) is 16.1. The minimum Gasteiger partial charge on any atom is -0.302 e. The van der Waals surface area contributed by atoms with Crippen LogP contribution in [-0.2, 0) is 0 Å². The molecule has 0 saturated heterocycles. The maximum Gasteiger partial charge on any atom is 0.178 e. The van der Waals surface area contributed by atoms with Crippen LogP contribution in [0.2, 0.25) is 0 Å². The summed E-state index contributed by atoms with van der Waals surface area (Å²) in [4.78, 5) is 14.3. The van der Waals surface area contributed by atoms with Gasteiger partial charge in [0.05, 0.1) is 0 Å². The van der Waals surface area contributed by atoms with Crippen LogP contribution in [0.15, 0.2) is 65.4 Å². The van der Waals surface area contributed by atoms with Crippen molar-refractivity contribution in [2.45, 2.75) is 38.8 Å². The van der Waals surface area contributed by atoms with Gasteiger partial charge in [-0.25, -0.2) is 9.97 Å². The van der Waals surface area contributed by atoms with E-state index in [-0.39, 0.29) is 6.17 Å². The van der Waals surface area contributed by atoms with E-state index in [1.165, 1.54) is 16.9 Å². The lowest BCUT2D eigenvalue weighted by Gasteiger charge is -2.46. The van der Waals surface area contributed by atoms with Crippen LogP contribution in [0.1, 0.15) is 38.2 Å². The van der Waals surface area contributed by atoms with Gasteiger partial charge < -0.3 is 9.80 Å². The summed E-state index contributed by atoms with van der Waals surface area (Å²) in [6.45, 7) is 4.61. The second-order valence-corrected chi connectivity index (χ2v) is 8.40. The Morgan fingerprint density at radius 2 is 1.61 bits per heavy atom. The molecule has 2 aromatic carbocycles. The molecule has 3 atom stereocenters. The highest BCUT2D eigenvalue weighted by molar-refractivity contribution is 9.10. The maximum atomic E-state index is 4.77. The molecule has 0 fully saturated rings. The molecule has 3 unspecified atom stereocenters. The molecule has 4 nitrogen and oxygen atoms in total. The summed E-state index contributed by atoms with van der Waals surface area (Å²) >= 11 is 3.69. The number of halogens is 1. The minimum atomic E-state index is 0.177. The quantitative estimate of drug-likeness (QED) is 0.477. The van der Waals surface area contributed by atoms with Gasteiger partial charge in [0.1, 0.15) is 6.17 Å². The van der Waals surface area contributed by atoms with Crippen LogP contribution in [0.3, 0.4) is 0 Å². The van der Waals surface area contributed by atoms with Gasteiger partial charge in [-0.05, 0) is 48.6 Å². The first-order valence-electron chi connectivity index (χ1n) is 9.98. The van der Waals surface area contributed by atoms with Crippen molar-refractivity contribution in [2.75, 3.05) is 9.80 Å². The average Bonchev–Trinajstić information content (AvgIpc) is 3.08. The normalized spacial score (nSPS) is 22.6. The van der Waals surface area contributed by atoms with Crippen LogP contribution in [0.4, 0.5) is 23.0 Å². The van der Waals surface area contributed by atoms with Crippen LogP contribution in [0, 0.1) is 5.92 Å². The van der Waals surface area contributed by atoms with Gasteiger partial charge in [0.2, 0.25) is 0 Å². The van der Waals surface area contributed by atoms with Crippen LogP contribution in [0.5, 0.6) is 0 Å². The van der Waals surface area contributed by atoms with Crippen molar-refractivity contribution in [1.29, 1.82) is 0 Å². The number of aromatic nitrogens is 2. The second kappa shape index (κ2) is 6.89. The predicted octanol–water partition coefficient (Wildman–Crippen LogP) is 6.39. The molecule has 1 aromatic heterocycles. The Kier molecular flexibility index (Phi) is 4.35. The standard InChI is InChI=1S/C23H23BrN4/c1-3-17-18(4-2)23-27(16-8-6-5-7-9-16)21-22(26-13-12-25-21)28(23)20-14-15(24)10-11-19(17)20/h5-14,17-18,23H,3-4H2,1-2H3. The summed E-state index contributed by atoms with van der Waals surface area (Å²) in [7, 11) is 0. The summed E-state index contributed by atoms with van der Waals surface area (Å²) in [5, 5.41) is 0. The molecular formula is C23H23BrN4. The number of rotatable bonds is 3. The fourth-order valence-electron chi connectivity index (χ4n) is 5.03. The summed E-state index contributed by atoms with van der Waals surface area (Å²) in [5.74, 6) is 2.88. The largest absolute Gasteiger partial charge is 0.302 e. The lowest BCUT2D eigenvalue weighted by molar-refractivity contribution is 0.322. The Bertz CT molecular complexity index is 1010. The Balaban J connectivity index is 1.79. The van der Waals surface area contributed by atoms with Gasteiger partial charge in [0.15, 0.2) is 11.6 Å². The zero-order chi connectivity index (χ0) is 19.3. The Labute approximate surface area is 174 Å². The fraction of sp³-hybridized carbons (Fsp3) is 0.304. The highest BCUT2D eigenvalue weighted by Crippen LogP contribution is 2.56. The molecule has 0 saturated carbocycles. The van der Waals surface area contributed by atoms with Gasteiger partial charge in [0, 0.05) is 34.2 Å². The first kappa shape index (κ1) is 17.7. The van der Waals surface area contributed by atoms with E-state index in [9.17, 15) is 0 Å². The number of benzene rings is 2. The number of hydrogen-bond donors (Lipinski definition) is 0. The molecule has 0 N–H and O–H groups in total. The first-order chi connectivity index (χ1) is 13.7. The Morgan fingerprint density at radius 3 is 2.29 bits per heavy atom. The molecule has 5 rings (SSSR count). The maximum absolute atomic E-state index is 4.77. The number of hydrogen-bond acceptors (Lipinski definition) is 4. The molecule has 5 heteroatoms. The van der Waals surface area contributed by atoms with Crippen LogP contribution < -0.4 is 9.80 Å². The summed E-state index contributed by atoms with van der Waals surface area (Å²) < 4.78 is 1.10. The number of fused-ring (bicyclic) bond motifs is 5. The topological polar surface area (TPSA) is 32.3 Å². The van der Waals surface area contributed by atoms with Crippen molar-refractivity contribution in [1.82, 2.24) is 9.97 Å². The molecule has 2 aliphatic rings. The second-order valence-electron chi connectivity index (χ2n) is 7.48. The van der Waals surface area contributed by atoms with E-state index in [4.69, 9.17) is 9.97 Å². The predicted molar refractivity (Wildman–Crippen MR) is 117 cm³/mol. The van der Waals surface area contributed by atoms with Crippen molar-refractivity contribution < 1.29 is 0 Å². The third kappa shape index (κ3) is 2.49. The number of para-hydroxylation sites is 1. The SMILES string of the molecule is CCC1c2ccc(Br)cc2N2c3nccnc3N(c3ccccc3)C2C1CC. The van der Waals surface area contributed by atoms with E-state index in [0.29, 0.717) is 11.8 Å². The molecule has 3 heterocycles. The molecule has 28 heavy (non-hydrogen) atoms. The van der Waals surface area contributed by atoms with Crippen LogP contribution >= 0.6 is 15.9 Å². The molecule has 2 aliphatic heterocycles. The van der Waals surface area contributed by atoms with Gasteiger partial charge in [-0.1, -0.05) is 54.0 Å². The van der Waals surface area contributed by atoms with E-state index in [0.717, 1.165) is 29.0 Å². The van der Waals surface area contributed by atoms with Crippen molar-refractivity contribution in [2.24, 2.45) is 5.92 Å². The minimum absolute atomic E-state index is 0.177. The van der Waals surface area contributed by atoms with Crippen LogP contribution in [0.25, 0.3) is 0 Å². The molecule has 0 radical (unpaired) electrons. The summed E-state index contributed by atoms with van der Waals surface area (Å²) in [5.41, 5.74) is 3.83. The monoisotopic (exact) mass is 434 g/mol. The molecule has 3 aromatic rings. The van der Waals surface area contributed by atoms with E-state index < -0.39 is 0 Å². The van der Waals surface area contributed by atoms with E-state index in [1.807, 2.05) is 0 Å². The Hall–Kier alpha value is -2.40. The number of anilines is 4. The highest BCUT2D eigenvalue weighted by atomic mass is 79.9. The van der Waals surface area contributed by atoms with Crippen LogP contribution in [-0.4, -0.2) is 16.1 Å². The first-order valence-corrected chi connectivity index (χ1v) is 10.8. The Morgan fingerprint density at radius 1 is 0.893 bits per heavy atom. The highest BCUT2D eigenvalue weighted by Gasteiger charge is 2.50. The molecule has 142 valence electrons. The van der Waals surface area contributed by atoms with Gasteiger partial charge in [0.25, 0.3) is 0 Å². The third-order valence-corrected chi connectivity index (χ3v) is 6.64. The lowest BCUT2D eigenvalue weighted by Crippen LogP contribution is -2.49. The van der Waals surface area contributed by atoms with E-state index in [1.54, 1.807) is 12.4 Å². The van der Waals surface area contributed by atoms with Gasteiger partial charge >= 0.3 is 0 Å². The van der Waals surface area contributed by atoms with E-state index >= 15 is 0 Å². The summed E-state index contributed by atoms with van der Waals surface area (Å²) in [6, 6.07) is 17.3. The molecule has 0 aliphatic carbocycles. The van der Waals surface area contributed by atoms with E-state index in [2.05, 4.69) is 88.1 Å². The van der Waals surface area contributed by atoms with Crippen molar-refractivity contribution in [3.05, 3.63) is 71.0 Å². The van der Waals surface area contributed by atoms with Crippen molar-refractivity contribution in [3.63, 3.8) is 0 Å². The number of nitrogens with zero attached hydrogens (tertiary/aromatic N) is 4. The lowest BCUT2D eigenvalue weighted by atomic mass is 9.76. The molecule has 0 spiro atoms. The fourth-order valence-corrected chi connectivity index (χ4v) is 5.38. The van der Waals surface area contributed by atoms with Gasteiger partial charge in [-0.2, -0.15) is 0 Å². The third-order valence-electron chi connectivity index (χ3n) is 6.14. The summed E-state index contributed by atoms with van der Waals surface area (Å²) in [6.07, 6.45) is 6.00. The zero-order valence-corrected chi connectivity index (χ0v) is 17.7. The van der Waals surface area contributed by atoms with Crippen molar-refractivity contribution >= 4 is 38.9 Å². The smallest absolute Gasteiger partial charge is 0.178 e.